The summed E-state index contributed by atoms with van der Waals surface area (Å²) in [7, 11) is 1.67. The molecule has 1 aliphatic rings. The Morgan fingerprint density at radius 3 is 2.55 bits per heavy atom. The molecule has 0 saturated heterocycles. The van der Waals surface area contributed by atoms with Gasteiger partial charge in [0.2, 0.25) is 0 Å². The second kappa shape index (κ2) is 5.40. The number of hydrogen-bond acceptors (Lipinski definition) is 4. The van der Waals surface area contributed by atoms with Gasteiger partial charge in [-0.3, -0.25) is 0 Å². The normalized spacial score (nSPS) is 15.5. The molecule has 5 heteroatoms. The van der Waals surface area contributed by atoms with Crippen LogP contribution in [-0.4, -0.2) is 26.6 Å². The molecule has 4 rings (SSSR count). The maximum absolute atomic E-state index is 5.21. The SMILES string of the molecule is COc1ccc(-c2ncnc3c2ncn3C2CCCC2)cc1. The fraction of sp³-hybridized carbons (Fsp3) is 0.353. The Balaban J connectivity index is 1.80. The van der Waals surface area contributed by atoms with Crippen molar-refractivity contribution in [3.63, 3.8) is 0 Å². The summed E-state index contributed by atoms with van der Waals surface area (Å²) in [6, 6.07) is 8.43. The van der Waals surface area contributed by atoms with Crippen LogP contribution in [0.15, 0.2) is 36.9 Å². The van der Waals surface area contributed by atoms with Crippen LogP contribution in [0.2, 0.25) is 0 Å². The van der Waals surface area contributed by atoms with Gasteiger partial charge in [-0.15, -0.1) is 0 Å². The van der Waals surface area contributed by atoms with Crippen molar-refractivity contribution in [3.8, 4) is 17.0 Å². The quantitative estimate of drug-likeness (QED) is 0.740. The number of rotatable bonds is 3. The summed E-state index contributed by atoms with van der Waals surface area (Å²) in [6.45, 7) is 0. The van der Waals surface area contributed by atoms with Crippen molar-refractivity contribution in [2.45, 2.75) is 31.7 Å². The van der Waals surface area contributed by atoms with Crippen LogP contribution in [0, 0.1) is 0 Å². The molecule has 0 aliphatic heterocycles. The molecule has 2 aromatic heterocycles. The van der Waals surface area contributed by atoms with E-state index in [1.54, 1.807) is 13.4 Å². The molecule has 2 heterocycles. The number of aromatic nitrogens is 4. The molecule has 112 valence electrons. The lowest BCUT2D eigenvalue weighted by Gasteiger charge is -2.11. The average Bonchev–Trinajstić information content (AvgIpc) is 3.23. The Kier molecular flexibility index (Phi) is 3.25. The zero-order valence-electron chi connectivity index (χ0n) is 12.6. The van der Waals surface area contributed by atoms with Crippen molar-refractivity contribution >= 4 is 11.2 Å². The van der Waals surface area contributed by atoms with E-state index in [1.165, 1.54) is 25.7 Å². The molecule has 0 spiro atoms. The third kappa shape index (κ3) is 2.13. The van der Waals surface area contributed by atoms with Gasteiger partial charge in [0.15, 0.2) is 5.65 Å². The van der Waals surface area contributed by atoms with E-state index in [-0.39, 0.29) is 0 Å². The minimum absolute atomic E-state index is 0.531. The van der Waals surface area contributed by atoms with E-state index >= 15 is 0 Å². The fourth-order valence-corrected chi connectivity index (χ4v) is 3.26. The van der Waals surface area contributed by atoms with Crippen molar-refractivity contribution in [2.24, 2.45) is 0 Å². The Morgan fingerprint density at radius 1 is 1.05 bits per heavy atom. The highest BCUT2D eigenvalue weighted by molar-refractivity contribution is 5.87. The first-order valence-corrected chi connectivity index (χ1v) is 7.69. The molecule has 0 bridgehead atoms. The lowest BCUT2D eigenvalue weighted by atomic mass is 10.1. The molecule has 22 heavy (non-hydrogen) atoms. The standard InChI is InChI=1S/C17H18N4O/c1-22-14-8-6-12(7-9-14)15-16-17(19-10-18-15)21(11-20-16)13-4-2-3-5-13/h6-11,13H,2-5H2,1H3. The van der Waals surface area contributed by atoms with Gasteiger partial charge in [-0.05, 0) is 37.1 Å². The van der Waals surface area contributed by atoms with Crippen molar-refractivity contribution < 1.29 is 4.74 Å². The lowest BCUT2D eigenvalue weighted by Crippen LogP contribution is -2.04. The Morgan fingerprint density at radius 2 is 1.82 bits per heavy atom. The van der Waals surface area contributed by atoms with Gasteiger partial charge in [-0.25, -0.2) is 15.0 Å². The number of fused-ring (bicyclic) bond motifs is 1. The predicted octanol–water partition coefficient (Wildman–Crippen LogP) is 3.62. The number of benzene rings is 1. The van der Waals surface area contributed by atoms with Crippen LogP contribution in [0.4, 0.5) is 0 Å². The summed E-state index contributed by atoms with van der Waals surface area (Å²) in [5.41, 5.74) is 3.72. The van der Waals surface area contributed by atoms with Crippen molar-refractivity contribution in [3.05, 3.63) is 36.9 Å². The molecule has 1 aromatic carbocycles. The smallest absolute Gasteiger partial charge is 0.164 e. The van der Waals surface area contributed by atoms with Gasteiger partial charge in [-0.1, -0.05) is 12.8 Å². The molecule has 1 aliphatic carbocycles. The van der Waals surface area contributed by atoms with Gasteiger partial charge in [0.05, 0.1) is 13.4 Å². The zero-order chi connectivity index (χ0) is 14.9. The van der Waals surface area contributed by atoms with Crippen LogP contribution in [-0.2, 0) is 0 Å². The number of nitrogens with zero attached hydrogens (tertiary/aromatic N) is 4. The third-order valence-electron chi connectivity index (χ3n) is 4.44. The molecule has 3 aromatic rings. The molecule has 5 nitrogen and oxygen atoms in total. The van der Waals surface area contributed by atoms with Gasteiger partial charge in [0.1, 0.15) is 23.3 Å². The van der Waals surface area contributed by atoms with E-state index in [4.69, 9.17) is 4.74 Å². The average molecular weight is 294 g/mol. The molecular formula is C17H18N4O. The highest BCUT2D eigenvalue weighted by Crippen LogP contribution is 2.33. The van der Waals surface area contributed by atoms with Gasteiger partial charge in [0, 0.05) is 11.6 Å². The molecule has 1 fully saturated rings. The first kappa shape index (κ1) is 13.2. The number of imidazole rings is 1. The van der Waals surface area contributed by atoms with Gasteiger partial charge < -0.3 is 9.30 Å². The molecule has 0 atom stereocenters. The predicted molar refractivity (Wildman–Crippen MR) is 84.8 cm³/mol. The van der Waals surface area contributed by atoms with Crippen LogP contribution >= 0.6 is 0 Å². The van der Waals surface area contributed by atoms with Gasteiger partial charge >= 0.3 is 0 Å². The molecule has 0 amide bonds. The zero-order valence-corrected chi connectivity index (χ0v) is 12.6. The van der Waals surface area contributed by atoms with E-state index in [2.05, 4.69) is 19.5 Å². The van der Waals surface area contributed by atoms with E-state index in [0.717, 1.165) is 28.2 Å². The number of hydrogen-bond donors (Lipinski definition) is 0. The third-order valence-corrected chi connectivity index (χ3v) is 4.44. The molecule has 0 N–H and O–H groups in total. The maximum atomic E-state index is 5.21. The molecule has 0 unspecified atom stereocenters. The van der Waals surface area contributed by atoms with Gasteiger partial charge in [0.25, 0.3) is 0 Å². The topological polar surface area (TPSA) is 52.8 Å². The molecular weight excluding hydrogens is 276 g/mol. The van der Waals surface area contributed by atoms with Crippen LogP contribution in [0.1, 0.15) is 31.7 Å². The van der Waals surface area contributed by atoms with Gasteiger partial charge in [-0.2, -0.15) is 0 Å². The summed E-state index contributed by atoms with van der Waals surface area (Å²) in [5.74, 6) is 0.838. The van der Waals surface area contributed by atoms with E-state index in [0.29, 0.717) is 6.04 Å². The Bertz CT molecular complexity index is 788. The highest BCUT2D eigenvalue weighted by Gasteiger charge is 2.20. The number of ether oxygens (including phenoxy) is 1. The van der Waals surface area contributed by atoms with E-state index in [9.17, 15) is 0 Å². The first-order valence-electron chi connectivity index (χ1n) is 7.69. The second-order valence-corrected chi connectivity index (χ2v) is 5.71. The van der Waals surface area contributed by atoms with Crippen LogP contribution < -0.4 is 4.74 Å². The maximum Gasteiger partial charge on any atom is 0.164 e. The lowest BCUT2D eigenvalue weighted by molar-refractivity contribution is 0.415. The van der Waals surface area contributed by atoms with Crippen molar-refractivity contribution in [2.75, 3.05) is 7.11 Å². The van der Waals surface area contributed by atoms with E-state index in [1.807, 2.05) is 30.6 Å². The molecule has 0 radical (unpaired) electrons. The van der Waals surface area contributed by atoms with Crippen molar-refractivity contribution in [1.82, 2.24) is 19.5 Å². The molecule has 1 saturated carbocycles. The summed E-state index contributed by atoms with van der Waals surface area (Å²) in [6.07, 6.45) is 8.57. The van der Waals surface area contributed by atoms with E-state index < -0.39 is 0 Å². The minimum atomic E-state index is 0.531. The largest absolute Gasteiger partial charge is 0.497 e. The number of methoxy groups -OCH3 is 1. The Labute approximate surface area is 129 Å². The summed E-state index contributed by atoms with van der Waals surface area (Å²) < 4.78 is 7.43. The fourth-order valence-electron chi connectivity index (χ4n) is 3.26. The Hall–Kier alpha value is -2.43. The first-order chi connectivity index (χ1) is 10.9. The van der Waals surface area contributed by atoms with Crippen LogP contribution in [0.5, 0.6) is 5.75 Å². The monoisotopic (exact) mass is 294 g/mol. The van der Waals surface area contributed by atoms with Crippen molar-refractivity contribution in [1.29, 1.82) is 0 Å². The summed E-state index contributed by atoms with van der Waals surface area (Å²) in [4.78, 5) is 13.5. The van der Waals surface area contributed by atoms with Crippen LogP contribution in [0.25, 0.3) is 22.4 Å². The van der Waals surface area contributed by atoms with Crippen LogP contribution in [0.3, 0.4) is 0 Å². The highest BCUT2D eigenvalue weighted by atomic mass is 16.5. The summed E-state index contributed by atoms with van der Waals surface area (Å²) >= 11 is 0. The summed E-state index contributed by atoms with van der Waals surface area (Å²) in [5, 5.41) is 0. The minimum Gasteiger partial charge on any atom is -0.497 e. The second-order valence-electron chi connectivity index (χ2n) is 5.71.